The van der Waals surface area contributed by atoms with E-state index in [-0.39, 0.29) is 16.4 Å². The standard InChI is InChI=1S/C16H14ClN3O4/c1-2-19(11-6-4-3-5-7-11)16(22)15(21)18-14-10-12(20(23)24)8-9-13(14)17/h3-10H,2H2,1H3,(H,18,21). The summed E-state index contributed by atoms with van der Waals surface area (Å²) in [5.41, 5.74) is 0.344. The van der Waals surface area contributed by atoms with E-state index in [0.29, 0.717) is 12.2 Å². The molecule has 2 aromatic rings. The van der Waals surface area contributed by atoms with Crippen LogP contribution >= 0.6 is 11.6 Å². The van der Waals surface area contributed by atoms with Gasteiger partial charge >= 0.3 is 11.8 Å². The maximum absolute atomic E-state index is 12.3. The smallest absolute Gasteiger partial charge is 0.316 e. The largest absolute Gasteiger partial charge is 0.316 e. The summed E-state index contributed by atoms with van der Waals surface area (Å²) < 4.78 is 0. The van der Waals surface area contributed by atoms with Gasteiger partial charge in [-0.25, -0.2) is 0 Å². The number of likely N-dealkylation sites (N-methyl/N-ethyl adjacent to an activating group) is 1. The van der Waals surface area contributed by atoms with E-state index in [2.05, 4.69) is 5.32 Å². The van der Waals surface area contributed by atoms with Gasteiger partial charge < -0.3 is 10.2 Å². The summed E-state index contributed by atoms with van der Waals surface area (Å²) >= 11 is 5.92. The molecule has 0 aromatic heterocycles. The molecule has 0 aliphatic rings. The van der Waals surface area contributed by atoms with Crippen molar-refractivity contribution in [2.75, 3.05) is 16.8 Å². The van der Waals surface area contributed by atoms with Crippen LogP contribution in [0, 0.1) is 10.1 Å². The lowest BCUT2D eigenvalue weighted by Gasteiger charge is -2.20. The molecule has 1 N–H and O–H groups in total. The van der Waals surface area contributed by atoms with Crippen molar-refractivity contribution in [3.63, 3.8) is 0 Å². The van der Waals surface area contributed by atoms with Crippen LogP contribution in [0.25, 0.3) is 0 Å². The number of hydrogen-bond acceptors (Lipinski definition) is 4. The Kier molecular flexibility index (Phi) is 5.49. The predicted molar refractivity (Wildman–Crippen MR) is 91.2 cm³/mol. The van der Waals surface area contributed by atoms with Crippen molar-refractivity contribution in [1.82, 2.24) is 0 Å². The average Bonchev–Trinajstić information content (AvgIpc) is 2.58. The fraction of sp³-hybridized carbons (Fsp3) is 0.125. The van der Waals surface area contributed by atoms with Gasteiger partial charge in [0, 0.05) is 24.4 Å². The summed E-state index contributed by atoms with van der Waals surface area (Å²) in [6.45, 7) is 2.03. The van der Waals surface area contributed by atoms with Gasteiger partial charge in [-0.3, -0.25) is 19.7 Å². The van der Waals surface area contributed by atoms with Crippen molar-refractivity contribution in [3.8, 4) is 0 Å². The fourth-order valence-corrected chi connectivity index (χ4v) is 2.24. The van der Waals surface area contributed by atoms with Gasteiger partial charge in [-0.15, -0.1) is 0 Å². The first-order valence-electron chi connectivity index (χ1n) is 7.06. The summed E-state index contributed by atoms with van der Waals surface area (Å²) in [5, 5.41) is 13.2. The second-order valence-corrected chi connectivity index (χ2v) is 5.17. The van der Waals surface area contributed by atoms with Crippen LogP contribution in [0.5, 0.6) is 0 Å². The molecular formula is C16H14ClN3O4. The molecule has 0 heterocycles. The number of hydrogen-bond donors (Lipinski definition) is 1. The fourth-order valence-electron chi connectivity index (χ4n) is 2.07. The summed E-state index contributed by atoms with van der Waals surface area (Å²) in [4.78, 5) is 36.0. The van der Waals surface area contributed by atoms with Crippen LogP contribution in [-0.4, -0.2) is 23.3 Å². The molecule has 0 fully saturated rings. The summed E-state index contributed by atoms with van der Waals surface area (Å²) in [5.74, 6) is -1.71. The number of carbonyl (C=O) groups is 2. The first kappa shape index (κ1) is 17.4. The molecule has 0 aliphatic carbocycles. The number of para-hydroxylation sites is 1. The molecule has 0 saturated carbocycles. The molecule has 7 nitrogen and oxygen atoms in total. The molecule has 0 saturated heterocycles. The highest BCUT2D eigenvalue weighted by molar-refractivity contribution is 6.45. The number of amides is 2. The Morgan fingerprint density at radius 2 is 1.88 bits per heavy atom. The SMILES string of the molecule is CCN(C(=O)C(=O)Nc1cc([N+](=O)[O-])ccc1Cl)c1ccccc1. The topological polar surface area (TPSA) is 92.6 Å². The van der Waals surface area contributed by atoms with Crippen LogP contribution in [0.1, 0.15) is 6.92 Å². The maximum Gasteiger partial charge on any atom is 0.316 e. The Morgan fingerprint density at radius 3 is 2.46 bits per heavy atom. The molecule has 0 radical (unpaired) electrons. The van der Waals surface area contributed by atoms with Gasteiger partial charge in [-0.2, -0.15) is 0 Å². The third-order valence-electron chi connectivity index (χ3n) is 3.23. The maximum atomic E-state index is 12.3. The summed E-state index contributed by atoms with van der Waals surface area (Å²) in [7, 11) is 0. The minimum absolute atomic E-state index is 0.00771. The highest BCUT2D eigenvalue weighted by atomic mass is 35.5. The lowest BCUT2D eigenvalue weighted by Crippen LogP contribution is -2.39. The number of halogens is 1. The van der Waals surface area contributed by atoms with Crippen molar-refractivity contribution < 1.29 is 14.5 Å². The number of nitrogens with one attached hydrogen (secondary N) is 1. The zero-order valence-electron chi connectivity index (χ0n) is 12.7. The second kappa shape index (κ2) is 7.56. The number of nitro groups is 1. The van der Waals surface area contributed by atoms with Crippen molar-refractivity contribution in [2.45, 2.75) is 6.92 Å². The van der Waals surface area contributed by atoms with Crippen LogP contribution in [0.15, 0.2) is 48.5 Å². The van der Waals surface area contributed by atoms with Gasteiger partial charge in [0.2, 0.25) is 0 Å². The van der Waals surface area contributed by atoms with Crippen molar-refractivity contribution in [2.24, 2.45) is 0 Å². The van der Waals surface area contributed by atoms with Crippen molar-refractivity contribution in [1.29, 1.82) is 0 Å². The predicted octanol–water partition coefficient (Wildman–Crippen LogP) is 3.24. The van der Waals surface area contributed by atoms with E-state index in [4.69, 9.17) is 11.6 Å². The normalized spacial score (nSPS) is 10.1. The molecule has 0 unspecified atom stereocenters. The average molecular weight is 348 g/mol. The molecule has 2 aromatic carbocycles. The van der Waals surface area contributed by atoms with Crippen LogP contribution in [0.4, 0.5) is 17.1 Å². The molecule has 0 aliphatic heterocycles. The molecule has 2 amide bonds. The highest BCUT2D eigenvalue weighted by Gasteiger charge is 2.23. The Hall–Kier alpha value is -2.93. The van der Waals surface area contributed by atoms with Crippen LogP contribution in [-0.2, 0) is 9.59 Å². The first-order chi connectivity index (χ1) is 11.4. The van der Waals surface area contributed by atoms with E-state index in [1.54, 1.807) is 37.3 Å². The van der Waals surface area contributed by atoms with E-state index in [1.165, 1.54) is 17.0 Å². The second-order valence-electron chi connectivity index (χ2n) is 4.76. The number of nitro benzene ring substituents is 1. The van der Waals surface area contributed by atoms with Gasteiger partial charge in [-0.1, -0.05) is 29.8 Å². The molecular weight excluding hydrogens is 334 g/mol. The van der Waals surface area contributed by atoms with E-state index in [9.17, 15) is 19.7 Å². The van der Waals surface area contributed by atoms with Gasteiger partial charge in [0.15, 0.2) is 0 Å². The minimum atomic E-state index is -0.928. The third-order valence-corrected chi connectivity index (χ3v) is 3.56. The van der Waals surface area contributed by atoms with Crippen LogP contribution in [0.2, 0.25) is 5.02 Å². The lowest BCUT2D eigenvalue weighted by atomic mass is 10.2. The van der Waals surface area contributed by atoms with E-state index < -0.39 is 16.7 Å². The molecule has 2 rings (SSSR count). The summed E-state index contributed by atoms with van der Waals surface area (Å²) in [6, 6.07) is 12.3. The number of carbonyl (C=O) groups excluding carboxylic acids is 2. The number of anilines is 2. The van der Waals surface area contributed by atoms with E-state index >= 15 is 0 Å². The monoisotopic (exact) mass is 347 g/mol. The van der Waals surface area contributed by atoms with E-state index in [0.717, 1.165) is 6.07 Å². The molecule has 24 heavy (non-hydrogen) atoms. The van der Waals surface area contributed by atoms with E-state index in [1.807, 2.05) is 0 Å². The van der Waals surface area contributed by atoms with Gasteiger partial charge in [-0.05, 0) is 25.1 Å². The van der Waals surface area contributed by atoms with Crippen LogP contribution < -0.4 is 10.2 Å². The van der Waals surface area contributed by atoms with Gasteiger partial charge in [0.1, 0.15) is 0 Å². The third kappa shape index (κ3) is 3.88. The Balaban J connectivity index is 2.21. The number of benzene rings is 2. The molecule has 0 atom stereocenters. The minimum Gasteiger partial charge on any atom is -0.316 e. The number of nitrogens with zero attached hydrogens (tertiary/aromatic N) is 2. The van der Waals surface area contributed by atoms with Gasteiger partial charge in [0.25, 0.3) is 5.69 Å². The molecule has 0 spiro atoms. The first-order valence-corrected chi connectivity index (χ1v) is 7.43. The van der Waals surface area contributed by atoms with Gasteiger partial charge in [0.05, 0.1) is 15.6 Å². The molecule has 8 heteroatoms. The zero-order chi connectivity index (χ0) is 17.7. The van der Waals surface area contributed by atoms with Crippen molar-refractivity contribution in [3.05, 3.63) is 63.7 Å². The zero-order valence-corrected chi connectivity index (χ0v) is 13.5. The van der Waals surface area contributed by atoms with Crippen LogP contribution in [0.3, 0.4) is 0 Å². The Morgan fingerprint density at radius 1 is 1.21 bits per heavy atom. The number of non-ortho nitro benzene ring substituents is 1. The highest BCUT2D eigenvalue weighted by Crippen LogP contribution is 2.26. The summed E-state index contributed by atoms with van der Waals surface area (Å²) in [6.07, 6.45) is 0. The lowest BCUT2D eigenvalue weighted by molar-refractivity contribution is -0.384. The quantitative estimate of drug-likeness (QED) is 0.522. The Labute approximate surface area is 143 Å². The molecule has 0 bridgehead atoms. The Bertz CT molecular complexity index is 780. The molecule has 124 valence electrons. The number of rotatable bonds is 4. The van der Waals surface area contributed by atoms with Crippen molar-refractivity contribution >= 4 is 40.5 Å².